The van der Waals surface area contributed by atoms with Gasteiger partial charge in [-0.1, -0.05) is 17.3 Å². The predicted octanol–water partition coefficient (Wildman–Crippen LogP) is 4.20. The lowest BCUT2D eigenvalue weighted by Gasteiger charge is -2.10. The van der Waals surface area contributed by atoms with E-state index >= 15 is 0 Å². The van der Waals surface area contributed by atoms with Gasteiger partial charge in [-0.25, -0.2) is 8.42 Å². The molecule has 0 saturated carbocycles. The summed E-state index contributed by atoms with van der Waals surface area (Å²) in [6.45, 7) is 6.08. The zero-order valence-corrected chi connectivity index (χ0v) is 18.5. The molecule has 0 bridgehead atoms. The number of nitrogens with one attached hydrogen (secondary N) is 2. The number of amides is 1. The third-order valence-corrected chi connectivity index (χ3v) is 5.84. The zero-order valence-electron chi connectivity index (χ0n) is 17.6. The Morgan fingerprint density at radius 3 is 2.48 bits per heavy atom. The van der Waals surface area contributed by atoms with Gasteiger partial charge in [0.25, 0.3) is 10.0 Å². The van der Waals surface area contributed by atoms with E-state index in [0.717, 1.165) is 16.9 Å². The largest absolute Gasteiger partial charge is 0.493 e. The van der Waals surface area contributed by atoms with E-state index in [2.05, 4.69) is 15.2 Å². The molecule has 164 valence electrons. The fourth-order valence-electron chi connectivity index (χ4n) is 2.83. The van der Waals surface area contributed by atoms with Gasteiger partial charge in [-0.05, 0) is 68.7 Å². The average Bonchev–Trinajstić information content (AvgIpc) is 3.12. The molecule has 0 fully saturated rings. The molecule has 31 heavy (non-hydrogen) atoms. The third kappa shape index (κ3) is 6.32. The molecule has 0 spiro atoms. The molecule has 8 nitrogen and oxygen atoms in total. The maximum Gasteiger partial charge on any atom is 0.263 e. The van der Waals surface area contributed by atoms with Gasteiger partial charge in [-0.2, -0.15) is 0 Å². The fraction of sp³-hybridized carbons (Fsp3) is 0.273. The number of aromatic nitrogens is 1. The van der Waals surface area contributed by atoms with E-state index in [1.165, 1.54) is 30.3 Å². The average molecular weight is 444 g/mol. The van der Waals surface area contributed by atoms with E-state index in [-0.39, 0.29) is 23.0 Å². The highest BCUT2D eigenvalue weighted by Crippen LogP contribution is 2.20. The summed E-state index contributed by atoms with van der Waals surface area (Å²) < 4.78 is 37.7. The minimum atomic E-state index is -3.80. The van der Waals surface area contributed by atoms with Gasteiger partial charge in [0.15, 0.2) is 5.82 Å². The van der Waals surface area contributed by atoms with Crippen LogP contribution in [0.2, 0.25) is 0 Å². The van der Waals surface area contributed by atoms with E-state index in [0.29, 0.717) is 24.5 Å². The van der Waals surface area contributed by atoms with Crippen molar-refractivity contribution in [2.75, 3.05) is 16.6 Å². The van der Waals surface area contributed by atoms with Crippen LogP contribution < -0.4 is 14.8 Å². The molecule has 0 aliphatic carbocycles. The second kappa shape index (κ2) is 9.65. The monoisotopic (exact) mass is 443 g/mol. The van der Waals surface area contributed by atoms with Crippen LogP contribution in [0.1, 0.15) is 29.7 Å². The lowest BCUT2D eigenvalue weighted by Crippen LogP contribution is -2.14. The summed E-state index contributed by atoms with van der Waals surface area (Å²) in [5.74, 6) is 1.26. The molecule has 9 heteroatoms. The van der Waals surface area contributed by atoms with Gasteiger partial charge < -0.3 is 14.6 Å². The van der Waals surface area contributed by atoms with Crippen molar-refractivity contribution in [3.05, 3.63) is 65.4 Å². The van der Waals surface area contributed by atoms with Crippen LogP contribution in [-0.4, -0.2) is 26.1 Å². The number of benzene rings is 2. The smallest absolute Gasteiger partial charge is 0.263 e. The molecule has 3 rings (SSSR count). The van der Waals surface area contributed by atoms with Crippen molar-refractivity contribution >= 4 is 27.4 Å². The Morgan fingerprint density at radius 1 is 1.06 bits per heavy atom. The summed E-state index contributed by atoms with van der Waals surface area (Å²) in [5, 5.41) is 6.37. The highest BCUT2D eigenvalue weighted by molar-refractivity contribution is 7.92. The van der Waals surface area contributed by atoms with Crippen LogP contribution >= 0.6 is 0 Å². The highest BCUT2D eigenvalue weighted by atomic mass is 32.2. The number of carbonyl (C=O) groups is 1. The Balaban J connectivity index is 1.47. The zero-order chi connectivity index (χ0) is 22.4. The summed E-state index contributed by atoms with van der Waals surface area (Å²) in [4.78, 5) is 12.2. The number of nitrogens with zero attached hydrogens (tertiary/aromatic N) is 1. The van der Waals surface area contributed by atoms with Crippen LogP contribution in [0.3, 0.4) is 0 Å². The van der Waals surface area contributed by atoms with E-state index < -0.39 is 10.0 Å². The van der Waals surface area contributed by atoms with Gasteiger partial charge >= 0.3 is 0 Å². The van der Waals surface area contributed by atoms with E-state index in [1.54, 1.807) is 6.92 Å². The number of carbonyl (C=O) groups excluding carboxylic acids is 1. The van der Waals surface area contributed by atoms with Crippen molar-refractivity contribution in [2.45, 2.75) is 38.5 Å². The lowest BCUT2D eigenvalue weighted by molar-refractivity contribution is -0.116. The van der Waals surface area contributed by atoms with Gasteiger partial charge in [0, 0.05) is 18.2 Å². The van der Waals surface area contributed by atoms with Gasteiger partial charge in [0.1, 0.15) is 11.5 Å². The topological polar surface area (TPSA) is 111 Å². The number of sulfonamides is 1. The normalized spacial score (nSPS) is 11.2. The molecule has 1 aromatic heterocycles. The van der Waals surface area contributed by atoms with Crippen molar-refractivity contribution in [1.29, 1.82) is 0 Å². The van der Waals surface area contributed by atoms with Crippen LogP contribution in [-0.2, 0) is 14.8 Å². The molecule has 0 atom stereocenters. The van der Waals surface area contributed by atoms with Gasteiger partial charge in [-0.3, -0.25) is 9.52 Å². The summed E-state index contributed by atoms with van der Waals surface area (Å²) in [6, 6.07) is 13.4. The van der Waals surface area contributed by atoms with Crippen LogP contribution in [0.5, 0.6) is 5.75 Å². The first-order chi connectivity index (χ1) is 14.7. The van der Waals surface area contributed by atoms with Gasteiger partial charge in [0.2, 0.25) is 5.91 Å². The maximum absolute atomic E-state index is 12.4. The van der Waals surface area contributed by atoms with Crippen LogP contribution in [0.15, 0.2) is 57.9 Å². The Hall–Kier alpha value is -3.33. The van der Waals surface area contributed by atoms with Crippen molar-refractivity contribution in [3.63, 3.8) is 0 Å². The SMILES string of the molecule is Cc1ccc(C)c(OCCCC(=O)Nc2ccc(S(=O)(=O)Nc3cc(C)on3)cc2)c1. The van der Waals surface area contributed by atoms with Crippen LogP contribution in [0, 0.1) is 20.8 Å². The van der Waals surface area contributed by atoms with Gasteiger partial charge in [-0.15, -0.1) is 0 Å². The second-order valence-corrected chi connectivity index (χ2v) is 8.90. The number of hydrogen-bond acceptors (Lipinski definition) is 6. The number of aryl methyl sites for hydroxylation is 3. The van der Waals surface area contributed by atoms with E-state index in [4.69, 9.17) is 9.26 Å². The quantitative estimate of drug-likeness (QED) is 0.480. The van der Waals surface area contributed by atoms with Crippen molar-refractivity contribution in [3.8, 4) is 5.75 Å². The number of hydrogen-bond donors (Lipinski definition) is 2. The van der Waals surface area contributed by atoms with Gasteiger partial charge in [0.05, 0.1) is 11.5 Å². The highest BCUT2D eigenvalue weighted by Gasteiger charge is 2.16. The molecule has 3 aromatic rings. The Bertz CT molecular complexity index is 1150. The first kappa shape index (κ1) is 22.4. The predicted molar refractivity (Wildman–Crippen MR) is 118 cm³/mol. The number of ether oxygens (including phenoxy) is 1. The summed E-state index contributed by atoms with van der Waals surface area (Å²) in [6.07, 6.45) is 0.852. The first-order valence-electron chi connectivity index (χ1n) is 9.79. The second-order valence-electron chi connectivity index (χ2n) is 7.22. The Morgan fingerprint density at radius 2 is 1.81 bits per heavy atom. The summed E-state index contributed by atoms with van der Waals surface area (Å²) in [5.41, 5.74) is 2.69. The van der Waals surface area contributed by atoms with Crippen molar-refractivity contribution in [2.24, 2.45) is 0 Å². The Labute approximate surface area is 181 Å². The summed E-state index contributed by atoms with van der Waals surface area (Å²) >= 11 is 0. The molecule has 0 unspecified atom stereocenters. The van der Waals surface area contributed by atoms with Crippen LogP contribution in [0.4, 0.5) is 11.5 Å². The Kier molecular flexibility index (Phi) is 6.96. The lowest BCUT2D eigenvalue weighted by atomic mass is 10.1. The molecule has 2 aromatic carbocycles. The molecule has 0 radical (unpaired) electrons. The minimum Gasteiger partial charge on any atom is -0.493 e. The minimum absolute atomic E-state index is 0.0491. The number of rotatable bonds is 9. The standard InChI is InChI=1S/C22H25N3O5S/c1-15-6-7-16(2)20(13-15)29-12-4-5-22(26)23-18-8-10-19(11-9-18)31(27,28)25-21-14-17(3)30-24-21/h6-11,13-14H,4-5,12H2,1-3H3,(H,23,26)(H,24,25). The first-order valence-corrected chi connectivity index (χ1v) is 11.3. The maximum atomic E-state index is 12.4. The fourth-order valence-corrected chi connectivity index (χ4v) is 3.81. The third-order valence-electron chi connectivity index (χ3n) is 4.46. The molecule has 2 N–H and O–H groups in total. The molecule has 0 aliphatic heterocycles. The molecule has 0 aliphatic rings. The molecular weight excluding hydrogens is 418 g/mol. The summed E-state index contributed by atoms with van der Waals surface area (Å²) in [7, 11) is -3.80. The molecule has 1 amide bonds. The van der Waals surface area contributed by atoms with Crippen molar-refractivity contribution in [1.82, 2.24) is 5.16 Å². The van der Waals surface area contributed by atoms with Crippen molar-refractivity contribution < 1.29 is 22.5 Å². The molecule has 1 heterocycles. The van der Waals surface area contributed by atoms with Crippen LogP contribution in [0.25, 0.3) is 0 Å². The van der Waals surface area contributed by atoms with E-state index in [1.807, 2.05) is 32.0 Å². The number of anilines is 2. The molecule has 0 saturated heterocycles. The molecular formula is C22H25N3O5S. The van der Waals surface area contributed by atoms with E-state index in [9.17, 15) is 13.2 Å².